The van der Waals surface area contributed by atoms with Crippen molar-refractivity contribution in [3.63, 3.8) is 0 Å². The Kier molecular flexibility index (Phi) is 5.56. The van der Waals surface area contributed by atoms with Crippen LogP contribution >= 0.6 is 11.6 Å². The van der Waals surface area contributed by atoms with Crippen LogP contribution in [0.1, 0.15) is 50.5 Å². The summed E-state index contributed by atoms with van der Waals surface area (Å²) in [4.78, 5) is 2.56. The molecule has 21 heavy (non-hydrogen) atoms. The van der Waals surface area contributed by atoms with Crippen molar-refractivity contribution in [2.45, 2.75) is 63.6 Å². The zero-order chi connectivity index (χ0) is 14.5. The predicted molar refractivity (Wildman–Crippen MR) is 89.8 cm³/mol. The zero-order valence-electron chi connectivity index (χ0n) is 12.9. The molecule has 1 unspecified atom stereocenters. The number of nitrogens with zero attached hydrogens (tertiary/aromatic N) is 1. The van der Waals surface area contributed by atoms with Crippen LogP contribution < -0.4 is 5.32 Å². The molecule has 0 aromatic heterocycles. The highest BCUT2D eigenvalue weighted by atomic mass is 35.5. The number of hydrogen-bond acceptors (Lipinski definition) is 2. The number of piperidine rings is 1. The van der Waals surface area contributed by atoms with Gasteiger partial charge < -0.3 is 5.32 Å². The van der Waals surface area contributed by atoms with Crippen molar-refractivity contribution in [1.82, 2.24) is 10.2 Å². The second-order valence-corrected chi connectivity index (χ2v) is 7.07. The molecule has 1 aromatic carbocycles. The molecule has 2 fully saturated rings. The highest BCUT2D eigenvalue weighted by molar-refractivity contribution is 6.31. The zero-order valence-corrected chi connectivity index (χ0v) is 13.6. The van der Waals surface area contributed by atoms with E-state index in [9.17, 15) is 0 Å². The Morgan fingerprint density at radius 2 is 1.76 bits per heavy atom. The summed E-state index contributed by atoms with van der Waals surface area (Å²) in [7, 11) is 0. The lowest BCUT2D eigenvalue weighted by Gasteiger charge is -2.36. The van der Waals surface area contributed by atoms with Gasteiger partial charge in [0.15, 0.2) is 0 Å². The van der Waals surface area contributed by atoms with Gasteiger partial charge >= 0.3 is 0 Å². The van der Waals surface area contributed by atoms with Gasteiger partial charge in [0.25, 0.3) is 0 Å². The van der Waals surface area contributed by atoms with E-state index in [4.69, 9.17) is 11.6 Å². The van der Waals surface area contributed by atoms with Crippen LogP contribution in [-0.4, -0.2) is 30.1 Å². The fourth-order valence-corrected chi connectivity index (χ4v) is 4.00. The fraction of sp³-hybridized carbons (Fsp3) is 0.667. The average molecular weight is 307 g/mol. The lowest BCUT2D eigenvalue weighted by Crippen LogP contribution is -2.49. The Labute approximate surface area is 133 Å². The molecule has 0 amide bonds. The van der Waals surface area contributed by atoms with Crippen LogP contribution in [0.15, 0.2) is 24.3 Å². The van der Waals surface area contributed by atoms with Crippen LogP contribution in [0.5, 0.6) is 0 Å². The summed E-state index contributed by atoms with van der Waals surface area (Å²) >= 11 is 6.29. The number of likely N-dealkylation sites (tertiary alicyclic amines) is 1. The van der Waals surface area contributed by atoms with Crippen molar-refractivity contribution in [1.29, 1.82) is 0 Å². The minimum atomic E-state index is 0.671. The molecule has 1 aromatic rings. The van der Waals surface area contributed by atoms with Gasteiger partial charge in [-0.15, -0.1) is 0 Å². The third-order valence-corrected chi connectivity index (χ3v) is 5.30. The van der Waals surface area contributed by atoms with E-state index in [1.165, 1.54) is 63.6 Å². The maximum absolute atomic E-state index is 6.29. The van der Waals surface area contributed by atoms with Gasteiger partial charge in [0.1, 0.15) is 0 Å². The largest absolute Gasteiger partial charge is 0.310 e. The van der Waals surface area contributed by atoms with Crippen molar-refractivity contribution in [2.75, 3.05) is 13.1 Å². The normalized spacial score (nSPS) is 25.1. The molecule has 2 aliphatic rings. The molecule has 2 nitrogen and oxygen atoms in total. The molecule has 1 saturated heterocycles. The van der Waals surface area contributed by atoms with Gasteiger partial charge in [-0.2, -0.15) is 0 Å². The monoisotopic (exact) mass is 306 g/mol. The number of hydrogen-bond donors (Lipinski definition) is 1. The van der Waals surface area contributed by atoms with E-state index in [2.05, 4.69) is 22.3 Å². The van der Waals surface area contributed by atoms with Gasteiger partial charge in [-0.3, -0.25) is 4.90 Å². The minimum Gasteiger partial charge on any atom is -0.310 e. The average Bonchev–Trinajstić information content (AvgIpc) is 2.51. The minimum absolute atomic E-state index is 0.671. The first-order chi connectivity index (χ1) is 10.3. The van der Waals surface area contributed by atoms with E-state index in [-0.39, 0.29) is 0 Å². The SMILES string of the molecule is Clc1ccccc1CN1CCCC(NC2CCCCC2)C1. The van der Waals surface area contributed by atoms with Crippen LogP contribution in [0.2, 0.25) is 5.02 Å². The highest BCUT2D eigenvalue weighted by Gasteiger charge is 2.23. The molecule has 0 bridgehead atoms. The summed E-state index contributed by atoms with van der Waals surface area (Å²) < 4.78 is 0. The molecule has 1 atom stereocenters. The number of rotatable bonds is 4. The fourth-order valence-electron chi connectivity index (χ4n) is 3.81. The summed E-state index contributed by atoms with van der Waals surface area (Å²) in [6, 6.07) is 9.69. The van der Waals surface area contributed by atoms with Crippen molar-refractivity contribution < 1.29 is 0 Å². The van der Waals surface area contributed by atoms with Crippen molar-refractivity contribution in [3.05, 3.63) is 34.9 Å². The molecule has 116 valence electrons. The molecule has 0 radical (unpaired) electrons. The van der Waals surface area contributed by atoms with Gasteiger partial charge in [-0.1, -0.05) is 49.1 Å². The van der Waals surface area contributed by atoms with E-state index in [1.54, 1.807) is 0 Å². The molecule has 0 spiro atoms. The molecular formula is C18H27ClN2. The third-order valence-electron chi connectivity index (χ3n) is 4.93. The Morgan fingerprint density at radius 3 is 2.57 bits per heavy atom. The summed E-state index contributed by atoms with van der Waals surface area (Å²) in [6.07, 6.45) is 9.63. The molecule has 1 heterocycles. The van der Waals surface area contributed by atoms with E-state index in [0.717, 1.165) is 17.6 Å². The van der Waals surface area contributed by atoms with Crippen molar-refractivity contribution in [2.24, 2.45) is 0 Å². The topological polar surface area (TPSA) is 15.3 Å². The van der Waals surface area contributed by atoms with E-state index >= 15 is 0 Å². The number of benzene rings is 1. The molecule has 1 N–H and O–H groups in total. The Bertz CT molecular complexity index is 443. The smallest absolute Gasteiger partial charge is 0.0451 e. The highest BCUT2D eigenvalue weighted by Crippen LogP contribution is 2.22. The van der Waals surface area contributed by atoms with Crippen LogP contribution in [0.4, 0.5) is 0 Å². The lowest BCUT2D eigenvalue weighted by molar-refractivity contribution is 0.169. The first-order valence-corrected chi connectivity index (χ1v) is 8.91. The van der Waals surface area contributed by atoms with E-state index < -0.39 is 0 Å². The summed E-state index contributed by atoms with van der Waals surface area (Å²) in [6.45, 7) is 3.36. The number of nitrogens with one attached hydrogen (secondary N) is 1. The predicted octanol–water partition coefficient (Wildman–Crippen LogP) is 4.23. The maximum atomic E-state index is 6.29. The Balaban J connectivity index is 1.52. The van der Waals surface area contributed by atoms with E-state index in [1.807, 2.05) is 12.1 Å². The van der Waals surface area contributed by atoms with E-state index in [0.29, 0.717) is 6.04 Å². The third kappa shape index (κ3) is 4.45. The number of halogens is 1. The van der Waals surface area contributed by atoms with Crippen LogP contribution in [0, 0.1) is 0 Å². The summed E-state index contributed by atoms with van der Waals surface area (Å²) in [5.41, 5.74) is 1.26. The van der Waals surface area contributed by atoms with Crippen molar-refractivity contribution >= 4 is 11.6 Å². The lowest BCUT2D eigenvalue weighted by atomic mass is 9.93. The van der Waals surface area contributed by atoms with Gasteiger partial charge in [-0.05, 0) is 43.9 Å². The summed E-state index contributed by atoms with van der Waals surface area (Å²) in [5, 5.41) is 4.82. The van der Waals surface area contributed by atoms with Crippen molar-refractivity contribution in [3.8, 4) is 0 Å². The second-order valence-electron chi connectivity index (χ2n) is 6.67. The molecule has 1 aliphatic heterocycles. The summed E-state index contributed by atoms with van der Waals surface area (Å²) in [5.74, 6) is 0. The Morgan fingerprint density at radius 1 is 1.00 bits per heavy atom. The van der Waals surface area contributed by atoms with Crippen LogP contribution in [-0.2, 0) is 6.54 Å². The Hall–Kier alpha value is -0.570. The van der Waals surface area contributed by atoms with Crippen LogP contribution in [0.25, 0.3) is 0 Å². The molecule has 3 rings (SSSR count). The van der Waals surface area contributed by atoms with Crippen LogP contribution in [0.3, 0.4) is 0 Å². The molecule has 3 heteroatoms. The quantitative estimate of drug-likeness (QED) is 0.895. The first-order valence-electron chi connectivity index (χ1n) is 8.53. The first kappa shape index (κ1) is 15.3. The van der Waals surface area contributed by atoms with Gasteiger partial charge in [-0.25, -0.2) is 0 Å². The van der Waals surface area contributed by atoms with Gasteiger partial charge in [0.2, 0.25) is 0 Å². The van der Waals surface area contributed by atoms with Gasteiger partial charge in [0, 0.05) is 30.2 Å². The molecule has 1 saturated carbocycles. The van der Waals surface area contributed by atoms with Gasteiger partial charge in [0.05, 0.1) is 0 Å². The standard InChI is InChI=1S/C18H27ClN2/c19-18-11-5-4-7-15(18)13-21-12-6-10-17(14-21)20-16-8-2-1-3-9-16/h4-5,7,11,16-17,20H,1-3,6,8-10,12-14H2. The second kappa shape index (κ2) is 7.62. The molecule has 1 aliphatic carbocycles. The maximum Gasteiger partial charge on any atom is 0.0451 e. The molecular weight excluding hydrogens is 280 g/mol.